The molecule has 1 fully saturated rings. The van der Waals surface area contributed by atoms with E-state index in [1.54, 1.807) is 24.3 Å². The maximum Gasteiger partial charge on any atom is 0.271 e. The minimum Gasteiger partial charge on any atom is -0.376 e. The average molecular weight is 382 g/mol. The third-order valence-corrected chi connectivity index (χ3v) is 5.69. The molecule has 0 atom stereocenters. The first kappa shape index (κ1) is 17.0. The lowest BCUT2D eigenvalue weighted by Crippen LogP contribution is -2.29. The van der Waals surface area contributed by atoms with E-state index in [4.69, 9.17) is 12.2 Å². The fourth-order valence-corrected chi connectivity index (χ4v) is 4.52. The van der Waals surface area contributed by atoms with E-state index >= 15 is 0 Å². The van der Waals surface area contributed by atoms with Gasteiger partial charge in [-0.3, -0.25) is 19.4 Å². The van der Waals surface area contributed by atoms with E-state index in [9.17, 15) is 14.7 Å². The van der Waals surface area contributed by atoms with Crippen molar-refractivity contribution in [3.05, 3.63) is 64.6 Å². The summed E-state index contributed by atoms with van der Waals surface area (Å²) in [5.74, 6) is -0.706. The molecule has 0 aliphatic carbocycles. The summed E-state index contributed by atoms with van der Waals surface area (Å²) in [6.07, 6.45) is 0. The monoisotopic (exact) mass is 382 g/mol. The van der Waals surface area contributed by atoms with E-state index in [1.807, 2.05) is 31.2 Å². The smallest absolute Gasteiger partial charge is 0.271 e. The van der Waals surface area contributed by atoms with Crippen LogP contribution >= 0.6 is 24.0 Å². The summed E-state index contributed by atoms with van der Waals surface area (Å²) < 4.78 is 0.385. The number of thioether (sulfide) groups is 1. The van der Waals surface area contributed by atoms with E-state index in [0.29, 0.717) is 31.7 Å². The number of aliphatic hydroxyl groups excluding tert-OH is 1. The highest BCUT2D eigenvalue weighted by atomic mass is 32.2. The summed E-state index contributed by atoms with van der Waals surface area (Å²) in [5.41, 5.74) is 3.22. The van der Waals surface area contributed by atoms with Gasteiger partial charge in [0.05, 0.1) is 21.9 Å². The second-order valence-electron chi connectivity index (χ2n) is 5.94. The number of hydrogen-bond donors (Lipinski definition) is 1. The first-order valence-electron chi connectivity index (χ1n) is 7.92. The minimum absolute atomic E-state index is 0.294. The molecule has 2 aromatic carbocycles. The van der Waals surface area contributed by atoms with Gasteiger partial charge < -0.3 is 5.11 Å². The molecule has 5 nitrogen and oxygen atoms in total. The number of nitrogens with zero attached hydrogens (tertiary/aromatic N) is 2. The van der Waals surface area contributed by atoms with Gasteiger partial charge in [0.25, 0.3) is 11.8 Å². The van der Waals surface area contributed by atoms with Crippen LogP contribution in [-0.2, 0) is 9.59 Å². The van der Waals surface area contributed by atoms with Crippen LogP contribution in [0.1, 0.15) is 11.1 Å². The Balaban J connectivity index is 1.85. The fraction of sp³-hybridized carbons (Fsp3) is 0.105. The molecule has 4 rings (SSSR count). The van der Waals surface area contributed by atoms with Gasteiger partial charge in [-0.15, -0.1) is 0 Å². The van der Waals surface area contributed by atoms with Crippen molar-refractivity contribution in [2.45, 2.75) is 6.92 Å². The molecule has 2 amide bonds. The molecule has 0 aromatic heterocycles. The van der Waals surface area contributed by atoms with E-state index in [1.165, 1.54) is 9.80 Å². The quantitative estimate of drug-likeness (QED) is 0.639. The van der Waals surface area contributed by atoms with Crippen molar-refractivity contribution in [3.63, 3.8) is 0 Å². The molecular weight excluding hydrogens is 368 g/mol. The van der Waals surface area contributed by atoms with Crippen molar-refractivity contribution in [2.75, 3.05) is 16.5 Å². The Hall–Kier alpha value is -2.48. The van der Waals surface area contributed by atoms with Gasteiger partial charge in [0, 0.05) is 5.56 Å². The number of thiocarbonyl (C=S) groups is 1. The Morgan fingerprint density at radius 1 is 1.08 bits per heavy atom. The van der Waals surface area contributed by atoms with E-state index in [2.05, 4.69) is 0 Å². The molecule has 2 aliphatic rings. The van der Waals surface area contributed by atoms with Crippen LogP contribution in [0.4, 0.5) is 11.4 Å². The molecule has 2 aromatic rings. The van der Waals surface area contributed by atoms with E-state index in [-0.39, 0.29) is 5.91 Å². The maximum absolute atomic E-state index is 13.1. The number of amides is 2. The summed E-state index contributed by atoms with van der Waals surface area (Å²) in [6.45, 7) is 1.49. The zero-order valence-corrected chi connectivity index (χ0v) is 15.4. The number of anilines is 2. The number of carbonyl (C=O) groups excluding carboxylic acids is 2. The zero-order chi connectivity index (χ0) is 18.4. The van der Waals surface area contributed by atoms with E-state index in [0.717, 1.165) is 17.3 Å². The molecule has 0 radical (unpaired) electrons. The topological polar surface area (TPSA) is 60.9 Å². The number of hydrogen-bond acceptors (Lipinski definition) is 5. The van der Waals surface area contributed by atoms with Gasteiger partial charge in [-0.25, -0.2) is 0 Å². The minimum atomic E-state index is -0.447. The number of rotatable bonds is 2. The van der Waals surface area contributed by atoms with E-state index < -0.39 is 12.6 Å². The predicted octanol–water partition coefficient (Wildman–Crippen LogP) is 3.07. The lowest BCUT2D eigenvalue weighted by atomic mass is 10.1. The van der Waals surface area contributed by atoms with Crippen LogP contribution in [0.25, 0.3) is 5.57 Å². The van der Waals surface area contributed by atoms with Gasteiger partial charge in [-0.1, -0.05) is 54.3 Å². The average Bonchev–Trinajstić information content (AvgIpc) is 3.07. The number of benzene rings is 2. The highest BCUT2D eigenvalue weighted by molar-refractivity contribution is 8.27. The molecule has 0 spiro atoms. The Morgan fingerprint density at radius 3 is 2.58 bits per heavy atom. The molecule has 0 saturated carbocycles. The highest BCUT2D eigenvalue weighted by Crippen LogP contribution is 2.45. The van der Waals surface area contributed by atoms with Gasteiger partial charge in [-0.2, -0.15) is 0 Å². The fourth-order valence-electron chi connectivity index (χ4n) is 3.15. The summed E-state index contributed by atoms with van der Waals surface area (Å²) in [5, 5.41) is 9.58. The van der Waals surface area contributed by atoms with Crippen LogP contribution in [0, 0.1) is 6.92 Å². The molecule has 2 aliphatic heterocycles. The van der Waals surface area contributed by atoms with Gasteiger partial charge in [-0.05, 0) is 30.7 Å². The molecular formula is C19H14N2O3S2. The van der Waals surface area contributed by atoms with Crippen LogP contribution in [0.3, 0.4) is 0 Å². The molecule has 130 valence electrons. The first-order valence-corrected chi connectivity index (χ1v) is 9.14. The SMILES string of the molecule is Cc1cccc(N2C(=O)/C(=C3\C(=O)N(CO)c4ccccc43)SC2=S)c1. The standard InChI is InChI=1S/C19H14N2O3S2/c1-11-5-4-6-12(9-11)21-18(24)16(26-19(21)25)15-13-7-2-3-8-14(13)20(10-22)17(15)23/h2-9,22H,10H2,1H3/b16-15+. The Labute approximate surface area is 159 Å². The zero-order valence-electron chi connectivity index (χ0n) is 13.8. The first-order chi connectivity index (χ1) is 12.5. The molecule has 1 N–H and O–H groups in total. The van der Waals surface area contributed by atoms with Crippen molar-refractivity contribution in [1.82, 2.24) is 0 Å². The third-order valence-electron chi connectivity index (χ3n) is 4.32. The summed E-state index contributed by atoms with van der Waals surface area (Å²) in [4.78, 5) is 28.9. The van der Waals surface area contributed by atoms with Crippen LogP contribution in [0.2, 0.25) is 0 Å². The Kier molecular flexibility index (Phi) is 4.14. The second-order valence-corrected chi connectivity index (χ2v) is 7.59. The van der Waals surface area contributed by atoms with Crippen LogP contribution < -0.4 is 9.80 Å². The lowest BCUT2D eigenvalue weighted by Gasteiger charge is -2.15. The number of para-hydroxylation sites is 1. The number of aryl methyl sites for hydroxylation is 1. The Bertz CT molecular complexity index is 1000. The van der Waals surface area contributed by atoms with Crippen molar-refractivity contribution < 1.29 is 14.7 Å². The van der Waals surface area contributed by atoms with Crippen molar-refractivity contribution in [3.8, 4) is 0 Å². The lowest BCUT2D eigenvalue weighted by molar-refractivity contribution is -0.115. The van der Waals surface area contributed by atoms with Crippen molar-refractivity contribution in [2.24, 2.45) is 0 Å². The number of aliphatic hydroxyl groups is 1. The number of fused-ring (bicyclic) bond motifs is 1. The third kappa shape index (κ3) is 2.47. The maximum atomic E-state index is 13.1. The second kappa shape index (κ2) is 6.35. The van der Waals surface area contributed by atoms with Crippen molar-refractivity contribution >= 4 is 57.1 Å². The van der Waals surface area contributed by atoms with Gasteiger partial charge in [0.1, 0.15) is 6.73 Å². The van der Waals surface area contributed by atoms with Gasteiger partial charge >= 0.3 is 0 Å². The molecule has 1 saturated heterocycles. The Morgan fingerprint density at radius 2 is 1.85 bits per heavy atom. The van der Waals surface area contributed by atoms with Crippen LogP contribution in [0.5, 0.6) is 0 Å². The number of carbonyl (C=O) groups is 2. The molecule has 26 heavy (non-hydrogen) atoms. The van der Waals surface area contributed by atoms with Crippen LogP contribution in [-0.4, -0.2) is 28.0 Å². The molecule has 0 unspecified atom stereocenters. The molecule has 2 heterocycles. The van der Waals surface area contributed by atoms with Gasteiger partial charge in [0.15, 0.2) is 4.32 Å². The van der Waals surface area contributed by atoms with Crippen molar-refractivity contribution in [1.29, 1.82) is 0 Å². The normalized spacial score (nSPS) is 19.5. The predicted molar refractivity (Wildman–Crippen MR) is 107 cm³/mol. The van der Waals surface area contributed by atoms with Crippen LogP contribution in [0.15, 0.2) is 53.4 Å². The molecule has 0 bridgehead atoms. The summed E-state index contributed by atoms with van der Waals surface area (Å²) in [6, 6.07) is 14.6. The van der Waals surface area contributed by atoms with Gasteiger partial charge in [0.2, 0.25) is 0 Å². The largest absolute Gasteiger partial charge is 0.376 e. The summed E-state index contributed by atoms with van der Waals surface area (Å²) >= 11 is 6.53. The highest BCUT2D eigenvalue weighted by Gasteiger charge is 2.42. The molecule has 7 heteroatoms. The summed E-state index contributed by atoms with van der Waals surface area (Å²) in [7, 11) is 0.